The molecule has 2 fully saturated rings. The van der Waals surface area contributed by atoms with Gasteiger partial charge in [-0.1, -0.05) is 61.4 Å². The highest BCUT2D eigenvalue weighted by Crippen LogP contribution is 2.41. The fraction of sp³-hybridized carbons (Fsp3) is 1.00. The van der Waals surface area contributed by atoms with Crippen molar-refractivity contribution in [3.05, 3.63) is 0 Å². The third-order valence-electron chi connectivity index (χ3n) is 5.02. The number of hydrogen-bond acceptors (Lipinski definition) is 0. The molecule has 0 amide bonds. The summed E-state index contributed by atoms with van der Waals surface area (Å²) >= 11 is 4.04. The predicted molar refractivity (Wildman–Crippen MR) is 75.0 cm³/mol. The molecule has 0 bridgehead atoms. The molecule has 2 aliphatic rings. The van der Waals surface area contributed by atoms with E-state index in [0.29, 0.717) is 0 Å². The third kappa shape index (κ3) is 3.24. The molecule has 0 nitrogen and oxygen atoms in total. The molecule has 0 aromatic rings. The van der Waals surface area contributed by atoms with Crippen LogP contribution in [0.5, 0.6) is 0 Å². The first-order valence-electron chi connectivity index (χ1n) is 7.45. The van der Waals surface area contributed by atoms with E-state index >= 15 is 0 Å². The average molecular weight is 287 g/mol. The molecule has 0 radical (unpaired) electrons. The van der Waals surface area contributed by atoms with Gasteiger partial charge in [-0.2, -0.15) is 0 Å². The molecule has 2 rings (SSSR count). The van der Waals surface area contributed by atoms with Gasteiger partial charge in [0.1, 0.15) is 0 Å². The van der Waals surface area contributed by atoms with Gasteiger partial charge in [0.05, 0.1) is 0 Å². The van der Waals surface area contributed by atoms with E-state index in [-0.39, 0.29) is 0 Å². The van der Waals surface area contributed by atoms with Gasteiger partial charge in [-0.15, -0.1) is 0 Å². The molecular weight excluding hydrogens is 260 g/mol. The van der Waals surface area contributed by atoms with Crippen molar-refractivity contribution in [3.8, 4) is 0 Å². The molecule has 2 saturated carbocycles. The van der Waals surface area contributed by atoms with Crippen molar-refractivity contribution < 1.29 is 0 Å². The molecule has 1 heteroatoms. The molecule has 94 valence electrons. The Morgan fingerprint density at radius 1 is 0.875 bits per heavy atom. The first kappa shape index (κ1) is 12.9. The van der Waals surface area contributed by atoms with Crippen molar-refractivity contribution in [2.45, 2.75) is 76.0 Å². The first-order chi connectivity index (χ1) is 7.81. The Labute approximate surface area is 110 Å². The van der Waals surface area contributed by atoms with Crippen LogP contribution in [0.2, 0.25) is 0 Å². The summed E-state index contributed by atoms with van der Waals surface area (Å²) in [6.45, 7) is 2.36. The molecule has 0 aromatic carbocycles. The molecule has 0 heterocycles. The summed E-state index contributed by atoms with van der Waals surface area (Å²) < 4.78 is 0. The summed E-state index contributed by atoms with van der Waals surface area (Å²) in [4.78, 5) is 0.839. The van der Waals surface area contributed by atoms with Gasteiger partial charge in [-0.3, -0.25) is 0 Å². The fourth-order valence-electron chi connectivity index (χ4n) is 3.75. The monoisotopic (exact) mass is 286 g/mol. The Morgan fingerprint density at radius 2 is 1.44 bits per heavy atom. The first-order valence-corrected chi connectivity index (χ1v) is 8.37. The Balaban J connectivity index is 1.78. The summed E-state index contributed by atoms with van der Waals surface area (Å²) in [5.41, 5.74) is 0. The Morgan fingerprint density at radius 3 is 2.00 bits per heavy atom. The SMILES string of the molecule is CCC1CCC(C(Br)C2CCCCC2)CC1. The zero-order valence-electron chi connectivity index (χ0n) is 10.8. The van der Waals surface area contributed by atoms with E-state index in [1.54, 1.807) is 0 Å². The van der Waals surface area contributed by atoms with Crippen LogP contribution in [0.4, 0.5) is 0 Å². The molecular formula is C15H27Br. The molecule has 1 atom stereocenters. The molecule has 16 heavy (non-hydrogen) atoms. The van der Waals surface area contributed by atoms with E-state index in [4.69, 9.17) is 0 Å². The van der Waals surface area contributed by atoms with Gasteiger partial charge in [-0.25, -0.2) is 0 Å². The summed E-state index contributed by atoms with van der Waals surface area (Å²) in [5, 5.41) is 0. The Kier molecular flexibility index (Phi) is 5.19. The van der Waals surface area contributed by atoms with E-state index in [2.05, 4.69) is 22.9 Å². The minimum atomic E-state index is 0.839. The Bertz CT molecular complexity index is 188. The summed E-state index contributed by atoms with van der Waals surface area (Å²) in [6, 6.07) is 0. The number of rotatable bonds is 3. The lowest BCUT2D eigenvalue weighted by molar-refractivity contribution is 0.220. The summed E-state index contributed by atoms with van der Waals surface area (Å²) in [7, 11) is 0. The van der Waals surface area contributed by atoms with Crippen LogP contribution in [-0.2, 0) is 0 Å². The van der Waals surface area contributed by atoms with Gasteiger partial charge in [0.15, 0.2) is 0 Å². The van der Waals surface area contributed by atoms with E-state index in [9.17, 15) is 0 Å². The van der Waals surface area contributed by atoms with Crippen LogP contribution < -0.4 is 0 Å². The maximum atomic E-state index is 4.04. The molecule has 0 N–H and O–H groups in total. The van der Waals surface area contributed by atoms with Gasteiger partial charge in [0.2, 0.25) is 0 Å². The molecule has 0 aromatic heterocycles. The average Bonchev–Trinajstić information content (AvgIpc) is 2.39. The van der Waals surface area contributed by atoms with Crippen molar-refractivity contribution in [2.24, 2.45) is 17.8 Å². The van der Waals surface area contributed by atoms with E-state index in [1.165, 1.54) is 64.2 Å². The highest BCUT2D eigenvalue weighted by atomic mass is 79.9. The van der Waals surface area contributed by atoms with E-state index < -0.39 is 0 Å². The largest absolute Gasteiger partial charge is 0.0885 e. The number of hydrogen-bond donors (Lipinski definition) is 0. The maximum Gasteiger partial charge on any atom is 0.0202 e. The van der Waals surface area contributed by atoms with Gasteiger partial charge in [0.25, 0.3) is 0 Å². The second kappa shape index (κ2) is 6.42. The van der Waals surface area contributed by atoms with Gasteiger partial charge >= 0.3 is 0 Å². The zero-order valence-corrected chi connectivity index (χ0v) is 12.3. The predicted octanol–water partition coefficient (Wildman–Crippen LogP) is 5.55. The fourth-order valence-corrected chi connectivity index (χ4v) is 4.81. The smallest absolute Gasteiger partial charge is 0.0202 e. The summed E-state index contributed by atoms with van der Waals surface area (Å²) in [6.07, 6.45) is 14.8. The van der Waals surface area contributed by atoms with Crippen LogP contribution in [0, 0.1) is 17.8 Å². The zero-order chi connectivity index (χ0) is 11.4. The van der Waals surface area contributed by atoms with E-state index in [0.717, 1.165) is 22.6 Å². The van der Waals surface area contributed by atoms with Crippen LogP contribution >= 0.6 is 15.9 Å². The molecule has 2 aliphatic carbocycles. The van der Waals surface area contributed by atoms with Crippen LogP contribution in [0.25, 0.3) is 0 Å². The topological polar surface area (TPSA) is 0 Å². The minimum absolute atomic E-state index is 0.839. The lowest BCUT2D eigenvalue weighted by Gasteiger charge is -2.36. The van der Waals surface area contributed by atoms with Gasteiger partial charge in [0, 0.05) is 4.83 Å². The van der Waals surface area contributed by atoms with Crippen molar-refractivity contribution in [1.29, 1.82) is 0 Å². The van der Waals surface area contributed by atoms with Crippen LogP contribution in [0.15, 0.2) is 0 Å². The lowest BCUT2D eigenvalue weighted by Crippen LogP contribution is -2.29. The summed E-state index contributed by atoms with van der Waals surface area (Å²) in [5.74, 6) is 3.03. The van der Waals surface area contributed by atoms with Crippen LogP contribution in [-0.4, -0.2) is 4.83 Å². The number of halogens is 1. The quantitative estimate of drug-likeness (QED) is 0.597. The number of alkyl halides is 1. The van der Waals surface area contributed by atoms with Gasteiger partial charge < -0.3 is 0 Å². The van der Waals surface area contributed by atoms with Gasteiger partial charge in [-0.05, 0) is 43.4 Å². The maximum absolute atomic E-state index is 4.04. The highest BCUT2D eigenvalue weighted by molar-refractivity contribution is 9.09. The van der Waals surface area contributed by atoms with Crippen molar-refractivity contribution in [1.82, 2.24) is 0 Å². The molecule has 0 spiro atoms. The Hall–Kier alpha value is 0.480. The van der Waals surface area contributed by atoms with Crippen LogP contribution in [0.3, 0.4) is 0 Å². The molecule has 0 aliphatic heterocycles. The highest BCUT2D eigenvalue weighted by Gasteiger charge is 2.31. The second-order valence-electron chi connectivity index (χ2n) is 6.03. The molecule has 0 saturated heterocycles. The molecule has 1 unspecified atom stereocenters. The van der Waals surface area contributed by atoms with Crippen molar-refractivity contribution in [2.75, 3.05) is 0 Å². The normalized spacial score (nSPS) is 34.9. The van der Waals surface area contributed by atoms with E-state index in [1.807, 2.05) is 0 Å². The standard InChI is InChI=1S/C15H27Br/c1-2-12-8-10-14(11-9-12)15(16)13-6-4-3-5-7-13/h12-15H,2-11H2,1H3. The van der Waals surface area contributed by atoms with Crippen molar-refractivity contribution >= 4 is 15.9 Å². The van der Waals surface area contributed by atoms with Crippen LogP contribution in [0.1, 0.15) is 71.1 Å². The third-order valence-corrected chi connectivity index (χ3v) is 6.51. The minimum Gasteiger partial charge on any atom is -0.0885 e. The second-order valence-corrected chi connectivity index (χ2v) is 7.09. The van der Waals surface area contributed by atoms with Crippen molar-refractivity contribution in [3.63, 3.8) is 0 Å². The lowest BCUT2D eigenvalue weighted by atomic mass is 9.74.